The number of hydrogen-bond acceptors (Lipinski definition) is 3. The molecule has 0 saturated heterocycles. The highest BCUT2D eigenvalue weighted by atomic mass is 16.3. The summed E-state index contributed by atoms with van der Waals surface area (Å²) in [5.74, 6) is 0.440. The van der Waals surface area contributed by atoms with Gasteiger partial charge in [0.15, 0.2) is 0 Å². The third kappa shape index (κ3) is 1.93. The molecule has 5 aromatic rings. The van der Waals surface area contributed by atoms with E-state index in [0.29, 0.717) is 0 Å². The Bertz CT molecular complexity index is 1260. The van der Waals surface area contributed by atoms with E-state index in [1.54, 1.807) is 30.5 Å². The maximum atomic E-state index is 10.3. The van der Waals surface area contributed by atoms with Crippen LogP contribution in [0.5, 0.6) is 11.5 Å². The van der Waals surface area contributed by atoms with Gasteiger partial charge in [0.2, 0.25) is 0 Å². The first kappa shape index (κ1) is 13.9. The van der Waals surface area contributed by atoms with E-state index in [2.05, 4.69) is 0 Å². The molecule has 4 aromatic carbocycles. The van der Waals surface area contributed by atoms with E-state index in [0.717, 1.165) is 43.6 Å². The van der Waals surface area contributed by atoms with Crippen LogP contribution in [-0.4, -0.2) is 10.2 Å². The Balaban J connectivity index is 2.05. The van der Waals surface area contributed by atoms with Crippen LogP contribution in [0.25, 0.3) is 43.6 Å². The second-order valence-electron chi connectivity index (χ2n) is 6.15. The summed E-state index contributed by atoms with van der Waals surface area (Å²) in [6.07, 6.45) is 1.69. The molecule has 120 valence electrons. The molecular formula is C22H14O3. The van der Waals surface area contributed by atoms with E-state index in [9.17, 15) is 10.2 Å². The van der Waals surface area contributed by atoms with Gasteiger partial charge < -0.3 is 14.6 Å². The van der Waals surface area contributed by atoms with Crippen LogP contribution in [-0.2, 0) is 0 Å². The van der Waals surface area contributed by atoms with Crippen molar-refractivity contribution >= 4 is 32.5 Å². The Kier molecular flexibility index (Phi) is 2.80. The lowest BCUT2D eigenvalue weighted by Crippen LogP contribution is -1.83. The minimum atomic E-state index is 0.213. The van der Waals surface area contributed by atoms with Gasteiger partial charge in [-0.25, -0.2) is 0 Å². The van der Waals surface area contributed by atoms with Gasteiger partial charge in [0.1, 0.15) is 17.1 Å². The summed E-state index contributed by atoms with van der Waals surface area (Å²) in [5, 5.41) is 25.2. The fourth-order valence-electron chi connectivity index (χ4n) is 3.61. The Morgan fingerprint density at radius 3 is 2.24 bits per heavy atom. The van der Waals surface area contributed by atoms with Gasteiger partial charge in [-0.3, -0.25) is 0 Å². The first-order valence-electron chi connectivity index (χ1n) is 8.07. The smallest absolute Gasteiger partial charge is 0.142 e. The third-order valence-corrected chi connectivity index (χ3v) is 4.72. The maximum absolute atomic E-state index is 10.3. The van der Waals surface area contributed by atoms with E-state index in [1.165, 1.54) is 0 Å². The minimum Gasteiger partial charge on any atom is -0.508 e. The van der Waals surface area contributed by atoms with Crippen LogP contribution in [0.2, 0.25) is 0 Å². The van der Waals surface area contributed by atoms with Crippen molar-refractivity contribution in [1.29, 1.82) is 0 Å². The van der Waals surface area contributed by atoms with Crippen LogP contribution in [0.15, 0.2) is 77.4 Å². The summed E-state index contributed by atoms with van der Waals surface area (Å²) in [6.45, 7) is 0. The van der Waals surface area contributed by atoms with E-state index >= 15 is 0 Å². The average molecular weight is 326 g/mol. The fraction of sp³-hybridized carbons (Fsp3) is 0. The van der Waals surface area contributed by atoms with E-state index in [1.807, 2.05) is 42.5 Å². The van der Waals surface area contributed by atoms with E-state index < -0.39 is 0 Å². The van der Waals surface area contributed by atoms with Crippen molar-refractivity contribution in [3.05, 3.63) is 73.0 Å². The number of aromatic hydroxyl groups is 2. The zero-order valence-electron chi connectivity index (χ0n) is 13.2. The number of rotatable bonds is 1. The number of hydrogen-bond donors (Lipinski definition) is 2. The van der Waals surface area contributed by atoms with Gasteiger partial charge in [0.25, 0.3) is 0 Å². The molecule has 0 saturated carbocycles. The summed E-state index contributed by atoms with van der Waals surface area (Å²) in [7, 11) is 0. The molecule has 0 spiro atoms. The molecule has 1 heterocycles. The monoisotopic (exact) mass is 326 g/mol. The quantitative estimate of drug-likeness (QED) is 0.382. The fourth-order valence-corrected chi connectivity index (χ4v) is 3.61. The number of benzene rings is 4. The van der Waals surface area contributed by atoms with Gasteiger partial charge in [0.05, 0.1) is 6.26 Å². The number of fused-ring (bicyclic) bond motifs is 6. The van der Waals surface area contributed by atoms with Crippen LogP contribution in [0.1, 0.15) is 0 Å². The normalized spacial score (nSPS) is 11.5. The Hall–Kier alpha value is -3.46. The highest BCUT2D eigenvalue weighted by Crippen LogP contribution is 2.43. The van der Waals surface area contributed by atoms with Gasteiger partial charge in [0, 0.05) is 21.9 Å². The van der Waals surface area contributed by atoms with Gasteiger partial charge >= 0.3 is 0 Å². The lowest BCUT2D eigenvalue weighted by atomic mass is 9.94. The molecular weight excluding hydrogens is 312 g/mol. The maximum Gasteiger partial charge on any atom is 0.142 e. The Morgan fingerprint density at radius 1 is 0.640 bits per heavy atom. The number of phenolic OH excluding ortho intramolecular Hbond substituents is 2. The topological polar surface area (TPSA) is 53.6 Å². The van der Waals surface area contributed by atoms with Crippen molar-refractivity contribution in [1.82, 2.24) is 0 Å². The van der Waals surface area contributed by atoms with Gasteiger partial charge in [-0.1, -0.05) is 42.5 Å². The van der Waals surface area contributed by atoms with Gasteiger partial charge in [-0.15, -0.1) is 0 Å². The van der Waals surface area contributed by atoms with Gasteiger partial charge in [-0.2, -0.15) is 0 Å². The molecule has 0 fully saturated rings. The van der Waals surface area contributed by atoms with Crippen molar-refractivity contribution in [3.63, 3.8) is 0 Å². The summed E-state index contributed by atoms with van der Waals surface area (Å²) in [6, 6.07) is 20.6. The highest BCUT2D eigenvalue weighted by molar-refractivity contribution is 6.27. The molecule has 0 unspecified atom stereocenters. The molecule has 3 nitrogen and oxygen atoms in total. The van der Waals surface area contributed by atoms with E-state index in [4.69, 9.17) is 4.42 Å². The molecule has 0 bridgehead atoms. The second kappa shape index (κ2) is 5.02. The summed E-state index contributed by atoms with van der Waals surface area (Å²) in [4.78, 5) is 0. The van der Waals surface area contributed by atoms with Crippen LogP contribution in [0.3, 0.4) is 0 Å². The largest absolute Gasteiger partial charge is 0.508 e. The third-order valence-electron chi connectivity index (χ3n) is 4.72. The standard InChI is InChI=1S/C22H14O3/c23-13-9-10-16-18(11-13)14-5-1-2-7-17(14)22-21(16)19(12-25-22)15-6-3-4-8-20(15)24/h1-12,23-24H. The average Bonchev–Trinajstić information content (AvgIpc) is 3.07. The minimum absolute atomic E-state index is 0.213. The Morgan fingerprint density at radius 2 is 1.40 bits per heavy atom. The predicted molar refractivity (Wildman–Crippen MR) is 100.0 cm³/mol. The zero-order valence-corrected chi connectivity index (χ0v) is 13.2. The van der Waals surface area contributed by atoms with Crippen LogP contribution >= 0.6 is 0 Å². The van der Waals surface area contributed by atoms with Crippen LogP contribution in [0.4, 0.5) is 0 Å². The molecule has 2 N–H and O–H groups in total. The van der Waals surface area contributed by atoms with Crippen LogP contribution in [0, 0.1) is 0 Å². The first-order valence-corrected chi connectivity index (χ1v) is 8.07. The molecule has 0 atom stereocenters. The lowest BCUT2D eigenvalue weighted by molar-refractivity contribution is 0.476. The molecule has 1 aromatic heterocycles. The summed E-state index contributed by atoms with van der Waals surface area (Å²) < 4.78 is 5.94. The summed E-state index contributed by atoms with van der Waals surface area (Å²) >= 11 is 0. The Labute approximate surface area is 143 Å². The van der Waals surface area contributed by atoms with Crippen molar-refractivity contribution < 1.29 is 14.6 Å². The highest BCUT2D eigenvalue weighted by Gasteiger charge is 2.18. The molecule has 0 aliphatic heterocycles. The van der Waals surface area contributed by atoms with Crippen molar-refractivity contribution in [2.75, 3.05) is 0 Å². The predicted octanol–water partition coefficient (Wildman–Crippen LogP) is 5.82. The van der Waals surface area contributed by atoms with Crippen molar-refractivity contribution in [3.8, 4) is 22.6 Å². The molecule has 0 aliphatic carbocycles. The molecule has 0 aliphatic rings. The number of para-hydroxylation sites is 1. The van der Waals surface area contributed by atoms with Crippen molar-refractivity contribution in [2.45, 2.75) is 0 Å². The summed E-state index contributed by atoms with van der Waals surface area (Å²) in [5.41, 5.74) is 2.35. The van der Waals surface area contributed by atoms with Crippen molar-refractivity contribution in [2.24, 2.45) is 0 Å². The molecule has 0 amide bonds. The second-order valence-corrected chi connectivity index (χ2v) is 6.15. The number of phenols is 2. The number of furan rings is 1. The first-order chi connectivity index (χ1) is 12.2. The lowest BCUT2D eigenvalue weighted by Gasteiger charge is -2.09. The zero-order chi connectivity index (χ0) is 17.0. The van der Waals surface area contributed by atoms with Crippen LogP contribution < -0.4 is 0 Å². The van der Waals surface area contributed by atoms with Gasteiger partial charge in [-0.05, 0) is 40.4 Å². The van der Waals surface area contributed by atoms with E-state index in [-0.39, 0.29) is 11.5 Å². The molecule has 3 heteroatoms. The SMILES string of the molecule is Oc1ccc2c(c1)c1ccccc1c1occ(-c3ccccc3O)c21. The molecule has 5 rings (SSSR count). The molecule has 0 radical (unpaired) electrons. The molecule has 25 heavy (non-hydrogen) atoms.